The molecule has 0 heterocycles. The number of nitroso groups, excluding NO2 is 1. The normalized spacial score (nSPS) is 17.4. The Hall–Kier alpha value is -2.29. The van der Waals surface area contributed by atoms with Crippen LogP contribution in [0.15, 0.2) is 65.4 Å². The fourth-order valence-electron chi connectivity index (χ4n) is 1.52. The predicted molar refractivity (Wildman–Crippen MR) is 62.4 cm³/mol. The van der Waals surface area contributed by atoms with Gasteiger partial charge in [-0.25, -0.2) is 0 Å². The minimum absolute atomic E-state index is 0.186. The third kappa shape index (κ3) is 1.88. The number of nitrogens with zero attached hydrogens (tertiary/aromatic N) is 1. The molecule has 0 atom stereocenters. The fraction of sp³-hybridized carbons (Fsp3) is 0. The van der Waals surface area contributed by atoms with Crippen molar-refractivity contribution >= 4 is 11.5 Å². The number of rotatable bonds is 2. The van der Waals surface area contributed by atoms with Gasteiger partial charge >= 0.3 is 0 Å². The summed E-state index contributed by atoms with van der Waals surface area (Å²) < 4.78 is 0. The van der Waals surface area contributed by atoms with E-state index in [4.69, 9.17) is 0 Å². The molecular weight excluding hydrogens is 202 g/mol. The summed E-state index contributed by atoms with van der Waals surface area (Å²) in [6.45, 7) is 0. The van der Waals surface area contributed by atoms with Crippen LogP contribution in [0.1, 0.15) is 5.56 Å². The van der Waals surface area contributed by atoms with Crippen molar-refractivity contribution in [3.8, 4) is 0 Å². The molecule has 1 aromatic carbocycles. The zero-order chi connectivity index (χ0) is 11.4. The summed E-state index contributed by atoms with van der Waals surface area (Å²) in [5.41, 5.74) is 1.18. The second-order valence-corrected chi connectivity index (χ2v) is 3.30. The molecule has 0 unspecified atom stereocenters. The van der Waals surface area contributed by atoms with E-state index >= 15 is 0 Å². The molecular formula is C13H9NO2. The van der Waals surface area contributed by atoms with Gasteiger partial charge in [-0.3, -0.25) is 4.79 Å². The lowest BCUT2D eigenvalue weighted by molar-refractivity contribution is -0.111. The van der Waals surface area contributed by atoms with Crippen LogP contribution in [0.25, 0.3) is 5.70 Å². The highest BCUT2D eigenvalue weighted by Crippen LogP contribution is 2.23. The zero-order valence-electron chi connectivity index (χ0n) is 8.46. The highest BCUT2D eigenvalue weighted by molar-refractivity contribution is 6.12. The Labute approximate surface area is 92.8 Å². The van der Waals surface area contributed by atoms with Crippen LogP contribution in [0, 0.1) is 4.91 Å². The molecule has 3 heteroatoms. The smallest absolute Gasteiger partial charge is 0.188 e. The lowest BCUT2D eigenvalue weighted by Gasteiger charge is -2.05. The minimum atomic E-state index is -0.194. The fourth-order valence-corrected chi connectivity index (χ4v) is 1.52. The predicted octanol–water partition coefficient (Wildman–Crippen LogP) is 2.86. The van der Waals surface area contributed by atoms with Gasteiger partial charge in [0.25, 0.3) is 0 Å². The van der Waals surface area contributed by atoms with Crippen molar-refractivity contribution < 1.29 is 4.79 Å². The average Bonchev–Trinajstić information content (AvgIpc) is 2.34. The van der Waals surface area contributed by atoms with E-state index in [2.05, 4.69) is 5.18 Å². The van der Waals surface area contributed by atoms with Crippen molar-refractivity contribution in [2.45, 2.75) is 0 Å². The first-order chi connectivity index (χ1) is 7.83. The van der Waals surface area contributed by atoms with E-state index in [1.165, 1.54) is 6.08 Å². The first kappa shape index (κ1) is 10.2. The van der Waals surface area contributed by atoms with E-state index in [0.29, 0.717) is 11.1 Å². The maximum absolute atomic E-state index is 11.6. The van der Waals surface area contributed by atoms with Gasteiger partial charge in [0.1, 0.15) is 5.70 Å². The summed E-state index contributed by atoms with van der Waals surface area (Å²) in [5.74, 6) is -0.194. The number of benzene rings is 1. The first-order valence-electron chi connectivity index (χ1n) is 4.85. The number of hydrogen-bond donors (Lipinski definition) is 0. The van der Waals surface area contributed by atoms with Gasteiger partial charge in [0.2, 0.25) is 0 Å². The van der Waals surface area contributed by atoms with Crippen LogP contribution in [0.3, 0.4) is 0 Å². The molecule has 0 radical (unpaired) electrons. The van der Waals surface area contributed by atoms with E-state index < -0.39 is 0 Å². The largest absolute Gasteiger partial charge is 0.289 e. The molecule has 2 rings (SSSR count). The molecule has 0 fully saturated rings. The number of carbonyl (C=O) groups excluding carboxylic acids is 1. The Morgan fingerprint density at radius 3 is 2.31 bits per heavy atom. The molecule has 0 N–H and O–H groups in total. The van der Waals surface area contributed by atoms with E-state index in [1.54, 1.807) is 42.5 Å². The molecule has 78 valence electrons. The molecule has 1 aliphatic rings. The minimum Gasteiger partial charge on any atom is -0.289 e. The number of ketones is 1. The summed E-state index contributed by atoms with van der Waals surface area (Å²) >= 11 is 0. The highest BCUT2D eigenvalue weighted by atomic mass is 16.3. The average molecular weight is 211 g/mol. The molecule has 1 aliphatic carbocycles. The quantitative estimate of drug-likeness (QED) is 0.557. The third-order valence-corrected chi connectivity index (χ3v) is 2.28. The molecule has 0 bridgehead atoms. The van der Waals surface area contributed by atoms with Crippen LogP contribution in [0.2, 0.25) is 0 Å². The summed E-state index contributed by atoms with van der Waals surface area (Å²) in [5, 5.41) is 2.96. The molecule has 0 saturated heterocycles. The lowest BCUT2D eigenvalue weighted by Crippen LogP contribution is -2.01. The van der Waals surface area contributed by atoms with E-state index in [-0.39, 0.29) is 11.5 Å². The van der Waals surface area contributed by atoms with Crippen LogP contribution in [0.5, 0.6) is 0 Å². The van der Waals surface area contributed by atoms with Crippen LogP contribution >= 0.6 is 0 Å². The Balaban J connectivity index is 2.55. The second kappa shape index (κ2) is 4.49. The standard InChI is InChI=1S/C13H9NO2/c15-12-9-5-4-8-11(12)13(14-16)10-6-2-1-3-7-10/h1-9H/b13-11-. The number of allylic oxidation sites excluding steroid dienone is 5. The van der Waals surface area contributed by atoms with Crippen LogP contribution < -0.4 is 0 Å². The lowest BCUT2D eigenvalue weighted by atomic mass is 10.00. The summed E-state index contributed by atoms with van der Waals surface area (Å²) in [7, 11) is 0. The van der Waals surface area contributed by atoms with E-state index in [1.807, 2.05) is 6.07 Å². The van der Waals surface area contributed by atoms with Crippen molar-refractivity contribution in [1.82, 2.24) is 0 Å². The number of carbonyl (C=O) groups is 1. The second-order valence-electron chi connectivity index (χ2n) is 3.30. The zero-order valence-corrected chi connectivity index (χ0v) is 8.46. The molecule has 0 spiro atoms. The Kier molecular flexibility index (Phi) is 2.87. The van der Waals surface area contributed by atoms with Gasteiger partial charge in [0, 0.05) is 5.56 Å². The van der Waals surface area contributed by atoms with E-state index in [9.17, 15) is 9.70 Å². The maximum atomic E-state index is 11.6. The highest BCUT2D eigenvalue weighted by Gasteiger charge is 2.14. The molecule has 0 aliphatic heterocycles. The van der Waals surface area contributed by atoms with Crippen molar-refractivity contribution in [3.05, 3.63) is 70.7 Å². The van der Waals surface area contributed by atoms with Crippen molar-refractivity contribution in [1.29, 1.82) is 0 Å². The third-order valence-electron chi connectivity index (χ3n) is 2.28. The van der Waals surface area contributed by atoms with Gasteiger partial charge < -0.3 is 0 Å². The SMILES string of the molecule is O=N/C(=C1/C=CC=CC1=O)c1ccccc1. The summed E-state index contributed by atoms with van der Waals surface area (Å²) in [6.07, 6.45) is 6.37. The summed E-state index contributed by atoms with van der Waals surface area (Å²) in [4.78, 5) is 22.4. The van der Waals surface area contributed by atoms with Gasteiger partial charge in [-0.2, -0.15) is 0 Å². The van der Waals surface area contributed by atoms with Gasteiger partial charge in [0.15, 0.2) is 5.78 Å². The molecule has 16 heavy (non-hydrogen) atoms. The van der Waals surface area contributed by atoms with E-state index in [0.717, 1.165) is 0 Å². The monoisotopic (exact) mass is 211 g/mol. The van der Waals surface area contributed by atoms with Gasteiger partial charge in [-0.15, -0.1) is 4.91 Å². The molecule has 0 amide bonds. The maximum Gasteiger partial charge on any atom is 0.188 e. The Bertz CT molecular complexity index is 510. The Morgan fingerprint density at radius 2 is 1.69 bits per heavy atom. The van der Waals surface area contributed by atoms with Gasteiger partial charge in [0.05, 0.1) is 5.57 Å². The van der Waals surface area contributed by atoms with Crippen molar-refractivity contribution in [3.63, 3.8) is 0 Å². The number of hydrogen-bond acceptors (Lipinski definition) is 3. The Morgan fingerprint density at radius 1 is 1.00 bits per heavy atom. The van der Waals surface area contributed by atoms with Crippen LogP contribution in [-0.4, -0.2) is 5.78 Å². The summed E-state index contributed by atoms with van der Waals surface area (Å²) in [6, 6.07) is 8.95. The van der Waals surface area contributed by atoms with Gasteiger partial charge in [-0.1, -0.05) is 42.5 Å². The van der Waals surface area contributed by atoms with Crippen molar-refractivity contribution in [2.75, 3.05) is 0 Å². The van der Waals surface area contributed by atoms with Crippen molar-refractivity contribution in [2.24, 2.45) is 5.18 Å². The molecule has 0 saturated carbocycles. The van der Waals surface area contributed by atoms with Crippen LogP contribution in [-0.2, 0) is 4.79 Å². The molecule has 1 aromatic rings. The first-order valence-corrected chi connectivity index (χ1v) is 4.85. The van der Waals surface area contributed by atoms with Crippen LogP contribution in [0.4, 0.5) is 0 Å². The molecule has 3 nitrogen and oxygen atoms in total. The van der Waals surface area contributed by atoms with Gasteiger partial charge in [-0.05, 0) is 17.3 Å². The topological polar surface area (TPSA) is 46.5 Å². The molecule has 0 aromatic heterocycles.